The largest absolute Gasteiger partial charge is 0.382 e. The maximum absolute atomic E-state index is 5.98. The van der Waals surface area contributed by atoms with E-state index in [1.54, 1.807) is 0 Å². The highest BCUT2D eigenvalue weighted by Crippen LogP contribution is 2.55. The molecule has 1 spiro atoms. The summed E-state index contributed by atoms with van der Waals surface area (Å²) in [6, 6.07) is 7.14. The Morgan fingerprint density at radius 3 is 2.75 bits per heavy atom. The van der Waals surface area contributed by atoms with Crippen molar-refractivity contribution < 1.29 is 4.74 Å². The van der Waals surface area contributed by atoms with Crippen LogP contribution in [0.4, 0.5) is 5.69 Å². The predicted molar refractivity (Wildman–Crippen MR) is 87.2 cm³/mol. The van der Waals surface area contributed by atoms with E-state index in [0.29, 0.717) is 17.6 Å². The summed E-state index contributed by atoms with van der Waals surface area (Å²) in [5, 5.41) is 3.76. The van der Waals surface area contributed by atoms with Crippen LogP contribution in [0.25, 0.3) is 0 Å². The molecule has 1 aromatic carbocycles. The first kappa shape index (κ1) is 14.4. The quantitative estimate of drug-likeness (QED) is 0.842. The topological polar surface area (TPSA) is 21.3 Å². The molecule has 3 rings (SSSR count). The lowest BCUT2D eigenvalue weighted by atomic mass is 9.60. The van der Waals surface area contributed by atoms with E-state index in [1.165, 1.54) is 41.4 Å². The van der Waals surface area contributed by atoms with Gasteiger partial charge in [-0.15, -0.1) is 0 Å². The zero-order valence-electron chi connectivity index (χ0n) is 12.4. The molecule has 1 N–H and O–H groups in total. The number of hydrogen-bond donors (Lipinski definition) is 1. The number of anilines is 1. The van der Waals surface area contributed by atoms with Crippen LogP contribution in [-0.4, -0.2) is 18.8 Å². The summed E-state index contributed by atoms with van der Waals surface area (Å²) in [6.07, 6.45) is 6.99. The molecule has 2 aliphatic rings. The number of halogens is 1. The van der Waals surface area contributed by atoms with Gasteiger partial charge in [0.1, 0.15) is 0 Å². The zero-order chi connectivity index (χ0) is 14.2. The number of rotatable bonds is 4. The van der Waals surface area contributed by atoms with Gasteiger partial charge in [-0.25, -0.2) is 0 Å². The van der Waals surface area contributed by atoms with Gasteiger partial charge in [0, 0.05) is 28.2 Å². The van der Waals surface area contributed by atoms with Crippen LogP contribution in [0.3, 0.4) is 0 Å². The van der Waals surface area contributed by atoms with Gasteiger partial charge in [-0.05, 0) is 50.8 Å². The molecule has 1 aromatic rings. The van der Waals surface area contributed by atoms with Crippen molar-refractivity contribution in [2.45, 2.75) is 58.1 Å². The van der Waals surface area contributed by atoms with Crippen LogP contribution in [0.2, 0.25) is 0 Å². The van der Waals surface area contributed by atoms with Crippen molar-refractivity contribution in [1.29, 1.82) is 0 Å². The first-order valence-corrected chi connectivity index (χ1v) is 8.59. The molecule has 2 unspecified atom stereocenters. The lowest BCUT2D eigenvalue weighted by Crippen LogP contribution is -2.60. The minimum atomic E-state index is 0.396. The lowest BCUT2D eigenvalue weighted by molar-refractivity contribution is -0.114. The van der Waals surface area contributed by atoms with Gasteiger partial charge in [-0.1, -0.05) is 34.8 Å². The Bertz CT molecular complexity index is 482. The van der Waals surface area contributed by atoms with Crippen LogP contribution in [-0.2, 0) is 4.74 Å². The Morgan fingerprint density at radius 2 is 2.10 bits per heavy atom. The third kappa shape index (κ3) is 2.39. The third-order valence-electron chi connectivity index (χ3n) is 5.20. The highest BCUT2D eigenvalue weighted by atomic mass is 79.9. The molecular formula is C17H24BrNO. The molecule has 20 heavy (non-hydrogen) atoms. The Morgan fingerprint density at radius 1 is 1.35 bits per heavy atom. The first-order valence-electron chi connectivity index (χ1n) is 7.80. The molecular weight excluding hydrogens is 314 g/mol. The molecule has 0 aliphatic heterocycles. The van der Waals surface area contributed by atoms with E-state index in [0.717, 1.165) is 13.0 Å². The van der Waals surface area contributed by atoms with Crippen molar-refractivity contribution in [3.8, 4) is 0 Å². The van der Waals surface area contributed by atoms with Crippen LogP contribution < -0.4 is 5.32 Å². The van der Waals surface area contributed by atoms with Crippen LogP contribution in [0.15, 0.2) is 22.7 Å². The molecule has 2 saturated carbocycles. The monoisotopic (exact) mass is 337 g/mol. The lowest BCUT2D eigenvalue weighted by Gasteiger charge is -2.54. The molecule has 0 aromatic heterocycles. The minimum Gasteiger partial charge on any atom is -0.382 e. The molecule has 110 valence electrons. The van der Waals surface area contributed by atoms with Crippen LogP contribution in [0, 0.1) is 12.3 Å². The second-order valence-corrected chi connectivity index (χ2v) is 7.14. The fraction of sp³-hybridized carbons (Fsp3) is 0.647. The average Bonchev–Trinajstić information content (AvgIpc) is 2.94. The van der Waals surface area contributed by atoms with Crippen LogP contribution in [0.5, 0.6) is 0 Å². The van der Waals surface area contributed by atoms with Crippen molar-refractivity contribution in [1.82, 2.24) is 0 Å². The van der Waals surface area contributed by atoms with Gasteiger partial charge < -0.3 is 10.1 Å². The fourth-order valence-electron chi connectivity index (χ4n) is 3.97. The normalized spacial score (nSPS) is 27.6. The number of aryl methyl sites for hydroxylation is 1. The Labute approximate surface area is 130 Å². The van der Waals surface area contributed by atoms with Gasteiger partial charge in [0.2, 0.25) is 0 Å². The van der Waals surface area contributed by atoms with E-state index in [4.69, 9.17) is 4.74 Å². The van der Waals surface area contributed by atoms with E-state index in [-0.39, 0.29) is 0 Å². The molecule has 0 radical (unpaired) electrons. The average molecular weight is 338 g/mol. The summed E-state index contributed by atoms with van der Waals surface area (Å²) < 4.78 is 7.16. The third-order valence-corrected chi connectivity index (χ3v) is 6.05. The Hall–Kier alpha value is -0.540. The number of benzene rings is 1. The molecule has 0 amide bonds. The Balaban J connectivity index is 1.72. The van der Waals surface area contributed by atoms with Gasteiger partial charge in [0.05, 0.1) is 6.10 Å². The van der Waals surface area contributed by atoms with Crippen LogP contribution in [0.1, 0.15) is 44.6 Å². The molecule has 3 heteroatoms. The Kier molecular flexibility index (Phi) is 4.09. The highest BCUT2D eigenvalue weighted by Gasteiger charge is 2.56. The maximum atomic E-state index is 5.98. The van der Waals surface area contributed by atoms with E-state index >= 15 is 0 Å². The molecule has 0 bridgehead atoms. The zero-order valence-corrected chi connectivity index (χ0v) is 14.0. The standard InChI is InChI=1S/C17H24BrNO/c1-3-20-16-11-15(17(16)8-4-5-9-17)19-13-7-6-12(2)14(18)10-13/h6-7,10,15-16,19H,3-5,8-9,11H2,1-2H3. The molecule has 2 fully saturated rings. The second kappa shape index (κ2) is 5.69. The first-order chi connectivity index (χ1) is 9.65. The molecule has 2 aliphatic carbocycles. The van der Waals surface area contributed by atoms with Crippen LogP contribution >= 0.6 is 15.9 Å². The van der Waals surface area contributed by atoms with Gasteiger partial charge in [-0.2, -0.15) is 0 Å². The smallest absolute Gasteiger partial charge is 0.0670 e. The summed E-state index contributed by atoms with van der Waals surface area (Å²) in [5.74, 6) is 0. The van der Waals surface area contributed by atoms with Gasteiger partial charge in [0.25, 0.3) is 0 Å². The van der Waals surface area contributed by atoms with Crippen molar-refractivity contribution in [3.63, 3.8) is 0 Å². The van der Waals surface area contributed by atoms with Crippen molar-refractivity contribution in [2.24, 2.45) is 5.41 Å². The summed E-state index contributed by atoms with van der Waals surface area (Å²) in [6.45, 7) is 5.08. The summed E-state index contributed by atoms with van der Waals surface area (Å²) in [4.78, 5) is 0. The predicted octanol–water partition coefficient (Wildman–Crippen LogP) is 4.91. The van der Waals surface area contributed by atoms with Gasteiger partial charge >= 0.3 is 0 Å². The maximum Gasteiger partial charge on any atom is 0.0670 e. The van der Waals surface area contributed by atoms with Gasteiger partial charge in [0.15, 0.2) is 0 Å². The number of nitrogens with one attached hydrogen (secondary N) is 1. The van der Waals surface area contributed by atoms with Gasteiger partial charge in [-0.3, -0.25) is 0 Å². The minimum absolute atomic E-state index is 0.396. The number of ether oxygens (including phenoxy) is 1. The van der Waals surface area contributed by atoms with E-state index < -0.39 is 0 Å². The summed E-state index contributed by atoms with van der Waals surface area (Å²) >= 11 is 3.62. The van der Waals surface area contributed by atoms with E-state index in [1.807, 2.05) is 0 Å². The van der Waals surface area contributed by atoms with E-state index in [2.05, 4.69) is 53.3 Å². The summed E-state index contributed by atoms with van der Waals surface area (Å²) in [5.41, 5.74) is 2.91. The van der Waals surface area contributed by atoms with Crippen molar-refractivity contribution >= 4 is 21.6 Å². The molecule has 0 heterocycles. The summed E-state index contributed by atoms with van der Waals surface area (Å²) in [7, 11) is 0. The molecule has 2 nitrogen and oxygen atoms in total. The SMILES string of the molecule is CCOC1CC(Nc2ccc(C)c(Br)c2)C12CCCC2. The fourth-order valence-corrected chi connectivity index (χ4v) is 4.35. The molecule has 0 saturated heterocycles. The van der Waals surface area contributed by atoms with Crippen molar-refractivity contribution in [3.05, 3.63) is 28.2 Å². The number of hydrogen-bond acceptors (Lipinski definition) is 2. The van der Waals surface area contributed by atoms with E-state index in [9.17, 15) is 0 Å². The molecule has 2 atom stereocenters. The highest BCUT2D eigenvalue weighted by molar-refractivity contribution is 9.10. The van der Waals surface area contributed by atoms with Crippen molar-refractivity contribution in [2.75, 3.05) is 11.9 Å². The second-order valence-electron chi connectivity index (χ2n) is 6.28.